The molecule has 7 rings (SSSR count). The van der Waals surface area contributed by atoms with Gasteiger partial charge in [0.2, 0.25) is 0 Å². The van der Waals surface area contributed by atoms with Crippen LogP contribution in [0, 0.1) is 28.6 Å². The predicted octanol–water partition coefficient (Wildman–Crippen LogP) is 1.65. The summed E-state index contributed by atoms with van der Waals surface area (Å²) in [5.41, 5.74) is -4.25. The van der Waals surface area contributed by atoms with Crippen molar-refractivity contribution in [1.82, 2.24) is 0 Å². The number of hydrogen-bond donors (Lipinski definition) is 3. The highest BCUT2D eigenvalue weighted by molar-refractivity contribution is 5.73. The molecule has 0 unspecified atom stereocenters. The van der Waals surface area contributed by atoms with Gasteiger partial charge in [-0.05, 0) is 70.1 Å². The number of fused-ring (bicyclic) bond motifs is 5. The molecule has 10 nitrogen and oxygen atoms in total. The molecule has 224 valence electrons. The van der Waals surface area contributed by atoms with Crippen molar-refractivity contribution < 1.29 is 48.6 Å². The molecule has 0 amide bonds. The minimum absolute atomic E-state index is 0.0573. The molecular weight excluding hydrogens is 520 g/mol. The molecule has 2 spiro atoms. The molecule has 0 bridgehead atoms. The molecule has 7 aliphatic rings. The van der Waals surface area contributed by atoms with Crippen molar-refractivity contribution in [3.05, 3.63) is 0 Å². The number of esters is 1. The van der Waals surface area contributed by atoms with E-state index in [-0.39, 0.29) is 49.0 Å². The summed E-state index contributed by atoms with van der Waals surface area (Å²) in [5.74, 6) is -0.417. The van der Waals surface area contributed by atoms with E-state index in [0.717, 1.165) is 19.1 Å². The number of carbonyl (C=O) groups is 2. The van der Waals surface area contributed by atoms with Crippen LogP contribution in [0.25, 0.3) is 0 Å². The molecule has 4 saturated carbocycles. The first kappa shape index (κ1) is 27.7. The number of aldehydes is 1. The van der Waals surface area contributed by atoms with Gasteiger partial charge in [-0.2, -0.15) is 0 Å². The lowest BCUT2D eigenvalue weighted by atomic mass is 9.41. The highest BCUT2D eigenvalue weighted by atomic mass is 16.7. The van der Waals surface area contributed by atoms with Crippen LogP contribution >= 0.6 is 0 Å². The normalized spacial score (nSPS) is 57.2. The fraction of sp³-hybridized carbons (Fsp3) is 0.933. The van der Waals surface area contributed by atoms with Crippen LogP contribution in [-0.4, -0.2) is 95.4 Å². The van der Waals surface area contributed by atoms with Crippen LogP contribution in [0.15, 0.2) is 0 Å². The van der Waals surface area contributed by atoms with E-state index in [2.05, 4.69) is 0 Å². The van der Waals surface area contributed by atoms with Crippen molar-refractivity contribution in [2.45, 2.75) is 125 Å². The van der Waals surface area contributed by atoms with Gasteiger partial charge in [0, 0.05) is 31.3 Å². The van der Waals surface area contributed by atoms with Crippen molar-refractivity contribution in [3.8, 4) is 0 Å². The Bertz CT molecular complexity index is 1050. The second kappa shape index (κ2) is 9.18. The summed E-state index contributed by atoms with van der Waals surface area (Å²) in [4.78, 5) is 25.1. The third-order valence-electron chi connectivity index (χ3n) is 12.9. The second-order valence-corrected chi connectivity index (χ2v) is 14.1. The van der Waals surface area contributed by atoms with Crippen molar-refractivity contribution in [1.29, 1.82) is 0 Å². The monoisotopic (exact) mass is 564 g/mol. The number of aliphatic hydroxyl groups excluding tert-OH is 1. The minimum Gasteiger partial charge on any atom is -0.462 e. The summed E-state index contributed by atoms with van der Waals surface area (Å²) < 4.78 is 29.4. The van der Waals surface area contributed by atoms with E-state index in [0.29, 0.717) is 58.0 Å². The molecule has 3 heterocycles. The molecule has 3 aliphatic heterocycles. The lowest BCUT2D eigenvalue weighted by Crippen LogP contribution is -2.69. The zero-order valence-electron chi connectivity index (χ0n) is 23.6. The zero-order valence-corrected chi connectivity index (χ0v) is 23.6. The number of ether oxygens (including phenoxy) is 5. The van der Waals surface area contributed by atoms with Gasteiger partial charge in [-0.1, -0.05) is 0 Å². The van der Waals surface area contributed by atoms with Gasteiger partial charge in [-0.25, -0.2) is 0 Å². The van der Waals surface area contributed by atoms with Crippen LogP contribution in [0.3, 0.4) is 0 Å². The lowest BCUT2D eigenvalue weighted by Gasteiger charge is -2.65. The predicted molar refractivity (Wildman–Crippen MR) is 138 cm³/mol. The molecule has 3 N–H and O–H groups in total. The first-order chi connectivity index (χ1) is 19.1. The number of rotatable bonds is 4. The summed E-state index contributed by atoms with van der Waals surface area (Å²) >= 11 is 0. The van der Waals surface area contributed by atoms with E-state index < -0.39 is 46.1 Å². The van der Waals surface area contributed by atoms with Gasteiger partial charge in [-0.15, -0.1) is 0 Å². The zero-order chi connectivity index (χ0) is 28.1. The van der Waals surface area contributed by atoms with Gasteiger partial charge in [0.25, 0.3) is 0 Å². The highest BCUT2D eigenvalue weighted by Gasteiger charge is 2.77. The fourth-order valence-corrected chi connectivity index (χ4v) is 10.9. The minimum atomic E-state index is -1.22. The summed E-state index contributed by atoms with van der Waals surface area (Å²) in [7, 11) is 1.57. The Kier molecular flexibility index (Phi) is 6.35. The van der Waals surface area contributed by atoms with E-state index >= 15 is 0 Å². The van der Waals surface area contributed by atoms with Gasteiger partial charge >= 0.3 is 5.97 Å². The third kappa shape index (κ3) is 3.47. The summed E-state index contributed by atoms with van der Waals surface area (Å²) in [6.45, 7) is 2.47. The van der Waals surface area contributed by atoms with Gasteiger partial charge in [-0.3, -0.25) is 4.79 Å². The maximum Gasteiger partial charge on any atom is 0.308 e. The van der Waals surface area contributed by atoms with Gasteiger partial charge in [0.15, 0.2) is 6.29 Å². The molecule has 7 fully saturated rings. The van der Waals surface area contributed by atoms with E-state index in [9.17, 15) is 24.9 Å². The number of carbonyl (C=O) groups excluding carboxylic acids is 2. The molecule has 3 saturated heterocycles. The fourth-order valence-electron chi connectivity index (χ4n) is 10.9. The SMILES string of the molecule is CO[C@H]1C[C@H](O[C@H]2CC[C@]3(C=O)[C@H]4CC[C@]56CO[C@@]7(COC(=O)C7)[C@H]5CC[C@]6(O)[C@@H]4CC[C@]3(O)C2)O[C@H](C)[C@H]1O. The molecule has 0 aromatic heterocycles. The van der Waals surface area contributed by atoms with Crippen molar-refractivity contribution in [2.24, 2.45) is 28.6 Å². The summed E-state index contributed by atoms with van der Waals surface area (Å²) in [5, 5.41) is 35.1. The molecule has 0 radical (unpaired) electrons. The summed E-state index contributed by atoms with van der Waals surface area (Å²) in [6.07, 6.45) is 4.61. The lowest BCUT2D eigenvalue weighted by molar-refractivity contribution is -0.288. The number of hydrogen-bond acceptors (Lipinski definition) is 10. The first-order valence-corrected chi connectivity index (χ1v) is 15.3. The van der Waals surface area contributed by atoms with Crippen LogP contribution in [-0.2, 0) is 33.3 Å². The van der Waals surface area contributed by atoms with Gasteiger partial charge in [0.1, 0.15) is 24.6 Å². The average molecular weight is 565 g/mol. The standard InChI is InChI=1S/C30H44O10/c1-17-25(33)21(36-2)11-24(39-17)40-18-3-7-26(14-31)19-4-8-27-15-38-28(13-23(32)37-16-28)22(27)6-10-30(27,35)20(19)5-9-29(26,34)12-18/h14,17-22,24-25,33-35H,3-13,15-16H2,1-2H3/t17-,18+,19+,20-,21+,22+,24+,25-,26+,27+,28+,29+,30+/m1/s1. The average Bonchev–Trinajstić information content (AvgIpc) is 3.56. The van der Waals surface area contributed by atoms with Crippen LogP contribution in [0.1, 0.15) is 77.6 Å². The smallest absolute Gasteiger partial charge is 0.308 e. The Morgan fingerprint density at radius 2 is 1.82 bits per heavy atom. The Balaban J connectivity index is 1.11. The van der Waals surface area contributed by atoms with Crippen molar-refractivity contribution >= 4 is 12.3 Å². The Hall–Kier alpha value is -1.14. The van der Waals surface area contributed by atoms with Gasteiger partial charge in [0.05, 0.1) is 48.0 Å². The Labute approximate surface area is 235 Å². The quantitative estimate of drug-likeness (QED) is 0.262. The summed E-state index contributed by atoms with van der Waals surface area (Å²) in [6, 6.07) is 0. The highest BCUT2D eigenvalue weighted by Crippen LogP contribution is 2.73. The first-order valence-electron chi connectivity index (χ1n) is 15.3. The van der Waals surface area contributed by atoms with Crippen LogP contribution < -0.4 is 0 Å². The Morgan fingerprint density at radius 1 is 1.02 bits per heavy atom. The van der Waals surface area contributed by atoms with Gasteiger partial charge < -0.3 is 43.8 Å². The number of aliphatic hydroxyl groups is 3. The van der Waals surface area contributed by atoms with Crippen molar-refractivity contribution in [3.63, 3.8) is 0 Å². The largest absolute Gasteiger partial charge is 0.462 e. The van der Waals surface area contributed by atoms with Crippen LogP contribution in [0.2, 0.25) is 0 Å². The van der Waals surface area contributed by atoms with Crippen LogP contribution in [0.5, 0.6) is 0 Å². The third-order valence-corrected chi connectivity index (χ3v) is 12.9. The van der Waals surface area contributed by atoms with E-state index in [1.165, 1.54) is 0 Å². The maximum absolute atomic E-state index is 13.1. The van der Waals surface area contributed by atoms with E-state index in [4.69, 9.17) is 23.7 Å². The molecular formula is C30H44O10. The second-order valence-electron chi connectivity index (χ2n) is 14.1. The molecule has 0 aromatic carbocycles. The van der Waals surface area contributed by atoms with E-state index in [1.54, 1.807) is 14.0 Å². The molecule has 0 aromatic rings. The van der Waals surface area contributed by atoms with E-state index in [1.807, 2.05) is 0 Å². The molecule has 40 heavy (non-hydrogen) atoms. The molecule has 13 atom stereocenters. The maximum atomic E-state index is 13.1. The number of methoxy groups -OCH3 is 1. The Morgan fingerprint density at radius 3 is 2.55 bits per heavy atom. The van der Waals surface area contributed by atoms with Crippen LogP contribution in [0.4, 0.5) is 0 Å². The topological polar surface area (TPSA) is 141 Å². The van der Waals surface area contributed by atoms with Crippen molar-refractivity contribution in [2.75, 3.05) is 20.3 Å². The number of cyclic esters (lactones) is 1. The molecule has 4 aliphatic carbocycles. The molecule has 10 heteroatoms.